The summed E-state index contributed by atoms with van der Waals surface area (Å²) in [5, 5.41) is 2.89. The standard InChI is InChI=1S/C14H11Br2F2N/c1-8-4-9(2-3-10(8)15)7-19-14-6-12(17)11(16)5-13(14)18/h2-6,19H,7H2,1H3. The van der Waals surface area contributed by atoms with Crippen LogP contribution < -0.4 is 5.32 Å². The van der Waals surface area contributed by atoms with Gasteiger partial charge in [-0.1, -0.05) is 28.1 Å². The summed E-state index contributed by atoms with van der Waals surface area (Å²) >= 11 is 6.36. The maximum atomic E-state index is 13.6. The zero-order valence-corrected chi connectivity index (χ0v) is 13.3. The second kappa shape index (κ2) is 6.01. The van der Waals surface area contributed by atoms with Gasteiger partial charge < -0.3 is 5.32 Å². The largest absolute Gasteiger partial charge is 0.379 e. The number of aryl methyl sites for hydroxylation is 1. The van der Waals surface area contributed by atoms with E-state index in [0.29, 0.717) is 6.54 Å². The Hall–Kier alpha value is -0.940. The first-order valence-corrected chi connectivity index (χ1v) is 7.19. The van der Waals surface area contributed by atoms with Crippen molar-refractivity contribution in [3.63, 3.8) is 0 Å². The van der Waals surface area contributed by atoms with Crippen LogP contribution in [0.25, 0.3) is 0 Å². The Morgan fingerprint density at radius 2 is 1.74 bits per heavy atom. The van der Waals surface area contributed by atoms with Gasteiger partial charge in [0.05, 0.1) is 10.2 Å². The van der Waals surface area contributed by atoms with Gasteiger partial charge in [0.15, 0.2) is 0 Å². The fraction of sp³-hybridized carbons (Fsp3) is 0.143. The average Bonchev–Trinajstić information content (AvgIpc) is 2.36. The maximum absolute atomic E-state index is 13.6. The van der Waals surface area contributed by atoms with E-state index in [2.05, 4.69) is 37.2 Å². The van der Waals surface area contributed by atoms with Crippen molar-refractivity contribution in [3.8, 4) is 0 Å². The molecule has 0 bridgehead atoms. The average molecular weight is 391 g/mol. The molecule has 100 valence electrons. The molecule has 1 nitrogen and oxygen atoms in total. The number of anilines is 1. The lowest BCUT2D eigenvalue weighted by molar-refractivity contribution is 0.596. The monoisotopic (exact) mass is 389 g/mol. The molecule has 2 aromatic rings. The lowest BCUT2D eigenvalue weighted by Crippen LogP contribution is -2.02. The van der Waals surface area contributed by atoms with Gasteiger partial charge in [-0.15, -0.1) is 0 Å². The highest BCUT2D eigenvalue weighted by atomic mass is 79.9. The van der Waals surface area contributed by atoms with Gasteiger partial charge in [0, 0.05) is 17.1 Å². The van der Waals surface area contributed by atoms with E-state index >= 15 is 0 Å². The first-order chi connectivity index (χ1) is 8.97. The van der Waals surface area contributed by atoms with E-state index in [0.717, 1.165) is 27.7 Å². The third-order valence-corrected chi connectivity index (χ3v) is 4.21. The lowest BCUT2D eigenvalue weighted by Gasteiger charge is -2.09. The predicted molar refractivity (Wildman–Crippen MR) is 80.3 cm³/mol. The fourth-order valence-corrected chi connectivity index (χ4v) is 2.23. The van der Waals surface area contributed by atoms with E-state index in [-0.39, 0.29) is 10.2 Å². The molecule has 0 saturated heterocycles. The smallest absolute Gasteiger partial charge is 0.147 e. The van der Waals surface area contributed by atoms with Crippen molar-refractivity contribution in [1.29, 1.82) is 0 Å². The third-order valence-electron chi connectivity index (χ3n) is 2.72. The van der Waals surface area contributed by atoms with E-state index in [1.807, 2.05) is 25.1 Å². The lowest BCUT2D eigenvalue weighted by atomic mass is 10.1. The minimum Gasteiger partial charge on any atom is -0.379 e. The Bertz CT molecular complexity index is 615. The minimum atomic E-state index is -0.490. The molecule has 0 aliphatic rings. The zero-order valence-electron chi connectivity index (χ0n) is 10.1. The normalized spacial score (nSPS) is 10.6. The molecule has 1 N–H and O–H groups in total. The first-order valence-electron chi connectivity index (χ1n) is 5.61. The second-order valence-corrected chi connectivity index (χ2v) is 5.89. The number of hydrogen-bond donors (Lipinski definition) is 1. The van der Waals surface area contributed by atoms with Crippen molar-refractivity contribution in [1.82, 2.24) is 0 Å². The molecule has 0 fully saturated rings. The molecule has 0 saturated carbocycles. The summed E-state index contributed by atoms with van der Waals surface area (Å²) in [4.78, 5) is 0. The van der Waals surface area contributed by atoms with E-state index in [1.54, 1.807) is 0 Å². The SMILES string of the molecule is Cc1cc(CNc2cc(F)c(Br)cc2F)ccc1Br. The minimum absolute atomic E-state index is 0.120. The molecule has 2 aromatic carbocycles. The highest BCUT2D eigenvalue weighted by molar-refractivity contribution is 9.10. The third kappa shape index (κ3) is 3.54. The topological polar surface area (TPSA) is 12.0 Å². The molecule has 0 unspecified atom stereocenters. The van der Waals surface area contributed by atoms with Crippen LogP contribution >= 0.6 is 31.9 Å². The number of rotatable bonds is 3. The van der Waals surface area contributed by atoms with E-state index in [1.165, 1.54) is 0 Å². The Labute approximate surface area is 127 Å². The van der Waals surface area contributed by atoms with Crippen molar-refractivity contribution in [2.24, 2.45) is 0 Å². The molecule has 0 aromatic heterocycles. The van der Waals surface area contributed by atoms with Crippen molar-refractivity contribution in [2.75, 3.05) is 5.32 Å². The van der Waals surface area contributed by atoms with Crippen LogP contribution in [0.4, 0.5) is 14.5 Å². The Kier molecular flexibility index (Phi) is 4.58. The molecular formula is C14H11Br2F2N. The van der Waals surface area contributed by atoms with Crippen LogP contribution in [0.5, 0.6) is 0 Å². The zero-order chi connectivity index (χ0) is 14.0. The summed E-state index contributed by atoms with van der Waals surface area (Å²) in [5.74, 6) is -0.974. The molecule has 5 heteroatoms. The highest BCUT2D eigenvalue weighted by Gasteiger charge is 2.08. The van der Waals surface area contributed by atoms with Gasteiger partial charge in [0.25, 0.3) is 0 Å². The van der Waals surface area contributed by atoms with Gasteiger partial charge in [-0.2, -0.15) is 0 Å². The summed E-state index contributed by atoms with van der Waals surface area (Å²) in [7, 11) is 0. The van der Waals surface area contributed by atoms with Crippen LogP contribution in [0.2, 0.25) is 0 Å². The molecule has 0 spiro atoms. The Balaban J connectivity index is 2.14. The molecule has 0 atom stereocenters. The molecule has 0 aliphatic heterocycles. The summed E-state index contributed by atoms with van der Waals surface area (Å²) < 4.78 is 28.1. The molecule has 0 radical (unpaired) electrons. The van der Waals surface area contributed by atoms with Crippen LogP contribution in [-0.4, -0.2) is 0 Å². The van der Waals surface area contributed by atoms with Gasteiger partial charge in [-0.3, -0.25) is 0 Å². The van der Waals surface area contributed by atoms with Gasteiger partial charge in [-0.25, -0.2) is 8.78 Å². The van der Waals surface area contributed by atoms with Gasteiger partial charge in [0.1, 0.15) is 11.6 Å². The van der Waals surface area contributed by atoms with Crippen LogP contribution in [0, 0.1) is 18.6 Å². The number of halogens is 4. The summed E-state index contributed by atoms with van der Waals surface area (Å²) in [6, 6.07) is 8.11. The fourth-order valence-electron chi connectivity index (χ4n) is 1.67. The van der Waals surface area contributed by atoms with Gasteiger partial charge >= 0.3 is 0 Å². The molecule has 19 heavy (non-hydrogen) atoms. The molecular weight excluding hydrogens is 380 g/mol. The van der Waals surface area contributed by atoms with Crippen molar-refractivity contribution < 1.29 is 8.78 Å². The van der Waals surface area contributed by atoms with Gasteiger partial charge in [0.2, 0.25) is 0 Å². The van der Waals surface area contributed by atoms with Crippen molar-refractivity contribution in [3.05, 3.63) is 62.0 Å². The summed E-state index contributed by atoms with van der Waals surface area (Å²) in [5.41, 5.74) is 2.26. The Morgan fingerprint density at radius 3 is 2.42 bits per heavy atom. The first kappa shape index (κ1) is 14.5. The molecule has 2 rings (SSSR count). The van der Waals surface area contributed by atoms with Crippen molar-refractivity contribution >= 4 is 37.5 Å². The predicted octanol–water partition coefficient (Wildman–Crippen LogP) is 5.41. The Morgan fingerprint density at radius 1 is 1.00 bits per heavy atom. The van der Waals surface area contributed by atoms with E-state index in [9.17, 15) is 8.78 Å². The highest BCUT2D eigenvalue weighted by Crippen LogP contribution is 2.24. The van der Waals surface area contributed by atoms with Crippen LogP contribution in [0.15, 0.2) is 39.3 Å². The summed E-state index contributed by atoms with van der Waals surface area (Å²) in [6.45, 7) is 2.42. The van der Waals surface area contributed by atoms with Gasteiger partial charge in [-0.05, 0) is 46.1 Å². The molecule has 0 heterocycles. The summed E-state index contributed by atoms with van der Waals surface area (Å²) in [6.07, 6.45) is 0. The quantitative estimate of drug-likeness (QED) is 0.691. The maximum Gasteiger partial charge on any atom is 0.147 e. The number of benzene rings is 2. The number of hydrogen-bond acceptors (Lipinski definition) is 1. The molecule has 0 amide bonds. The van der Waals surface area contributed by atoms with Crippen LogP contribution in [-0.2, 0) is 6.54 Å². The van der Waals surface area contributed by atoms with E-state index < -0.39 is 11.6 Å². The van der Waals surface area contributed by atoms with E-state index in [4.69, 9.17) is 0 Å². The van der Waals surface area contributed by atoms with Crippen LogP contribution in [0.3, 0.4) is 0 Å². The van der Waals surface area contributed by atoms with Crippen LogP contribution in [0.1, 0.15) is 11.1 Å². The molecule has 0 aliphatic carbocycles. The van der Waals surface area contributed by atoms with Crippen molar-refractivity contribution in [2.45, 2.75) is 13.5 Å². The number of nitrogens with one attached hydrogen (secondary N) is 1. The second-order valence-electron chi connectivity index (χ2n) is 4.18.